The number of carbonyl (C=O) groups is 1. The van der Waals surface area contributed by atoms with Crippen molar-refractivity contribution in [2.75, 3.05) is 38.7 Å². The van der Waals surface area contributed by atoms with Gasteiger partial charge in [0, 0.05) is 56.0 Å². The lowest BCUT2D eigenvalue weighted by molar-refractivity contribution is -0.150. The molecule has 2 saturated heterocycles. The molecule has 5 heterocycles. The van der Waals surface area contributed by atoms with Crippen molar-refractivity contribution >= 4 is 51.6 Å². The fourth-order valence-corrected chi connectivity index (χ4v) is 7.23. The van der Waals surface area contributed by atoms with Crippen LogP contribution in [0.1, 0.15) is 29.8 Å². The number of methoxy groups -OCH3 is 1. The average molecular weight is 768 g/mol. The van der Waals surface area contributed by atoms with E-state index >= 15 is 0 Å². The van der Waals surface area contributed by atoms with E-state index in [0.717, 1.165) is 47.0 Å². The number of anilines is 2. The zero-order valence-corrected chi connectivity index (χ0v) is 30.4. The Morgan fingerprint density at radius 3 is 2.32 bits per heavy atom. The zero-order chi connectivity index (χ0) is 37.6. The number of amides is 1. The highest BCUT2D eigenvalue weighted by Crippen LogP contribution is 2.43. The molecule has 3 N–H and O–H groups in total. The van der Waals surface area contributed by atoms with Gasteiger partial charge in [-0.05, 0) is 37.0 Å². The quantitative estimate of drug-likeness (QED) is 0.221. The lowest BCUT2D eigenvalue weighted by Crippen LogP contribution is -2.69. The van der Waals surface area contributed by atoms with Crippen molar-refractivity contribution in [3.8, 4) is 28.3 Å². The van der Waals surface area contributed by atoms with Gasteiger partial charge in [0.25, 0.3) is 12.0 Å². The minimum absolute atomic E-state index is 0.00229. The van der Waals surface area contributed by atoms with Crippen LogP contribution in [0.3, 0.4) is 0 Å². The average Bonchev–Trinajstić information content (AvgIpc) is 3.62. The summed E-state index contributed by atoms with van der Waals surface area (Å²) < 4.78 is 40.3. The summed E-state index contributed by atoms with van der Waals surface area (Å²) in [6.45, 7) is 2.63. The molecule has 2 aliphatic heterocycles. The van der Waals surface area contributed by atoms with Gasteiger partial charge in [0.15, 0.2) is 11.5 Å². The molecular weight excluding hydrogens is 733 g/mol. The van der Waals surface area contributed by atoms with Gasteiger partial charge >= 0.3 is 5.69 Å². The summed E-state index contributed by atoms with van der Waals surface area (Å²) in [5.41, 5.74) is 3.31. The molecule has 0 radical (unpaired) electrons. The molecule has 13 nitrogen and oxygen atoms in total. The Kier molecular flexibility index (Phi) is 9.93. The van der Waals surface area contributed by atoms with Crippen LogP contribution in [-0.4, -0.2) is 68.9 Å². The lowest BCUT2D eigenvalue weighted by Gasteiger charge is -2.44. The number of aromatic nitrogens is 5. The van der Waals surface area contributed by atoms with Gasteiger partial charge in [0.05, 0.1) is 28.5 Å². The van der Waals surface area contributed by atoms with Crippen LogP contribution in [0.25, 0.3) is 33.4 Å². The molecule has 5 aromatic rings. The maximum absolute atomic E-state index is 13.8. The summed E-state index contributed by atoms with van der Waals surface area (Å²) in [5.74, 6) is -0.486. The number of rotatable bonds is 6. The zero-order valence-electron chi connectivity index (χ0n) is 28.9. The minimum Gasteiger partial charge on any atom is -0.481 e. The number of carbonyl (C=O) groups excluding carboxylic acids is 1. The summed E-state index contributed by atoms with van der Waals surface area (Å²) in [6, 6.07) is 12.6. The monoisotopic (exact) mass is 766 g/mol. The molecular formula is C36H34Cl2F2N8O5. The van der Waals surface area contributed by atoms with E-state index in [1.54, 1.807) is 25.3 Å². The van der Waals surface area contributed by atoms with Gasteiger partial charge in [-0.2, -0.15) is 0 Å². The minimum atomic E-state index is -3.06. The SMILES string of the molecule is COc1nc(-c2cccc(-c3cccc(Nc4nc(C(F)F)nc5c4c(=O)n(C)c(=O)n5C)c3Cl)c2Cl)cc2c1CCC2.O=C1COC2(CNC2)CN1. The van der Waals surface area contributed by atoms with E-state index in [1.165, 1.54) is 19.7 Å². The summed E-state index contributed by atoms with van der Waals surface area (Å²) in [6.07, 6.45) is -0.181. The topological polar surface area (TPSA) is 154 Å². The first-order chi connectivity index (χ1) is 25.4. The van der Waals surface area contributed by atoms with Crippen LogP contribution in [0.15, 0.2) is 52.1 Å². The molecule has 276 valence electrons. The lowest BCUT2D eigenvalue weighted by atomic mass is 9.96. The normalized spacial score (nSPS) is 15.8. The molecule has 0 unspecified atom stereocenters. The number of benzene rings is 2. The van der Waals surface area contributed by atoms with E-state index in [1.807, 2.05) is 24.3 Å². The maximum Gasteiger partial charge on any atom is 0.332 e. The first-order valence-electron chi connectivity index (χ1n) is 16.7. The molecule has 3 aromatic heterocycles. The third-order valence-electron chi connectivity index (χ3n) is 9.59. The first-order valence-corrected chi connectivity index (χ1v) is 17.5. The predicted octanol–water partition coefficient (Wildman–Crippen LogP) is 4.72. The van der Waals surface area contributed by atoms with Crippen molar-refractivity contribution in [1.82, 2.24) is 34.7 Å². The molecule has 0 bridgehead atoms. The number of nitrogens with one attached hydrogen (secondary N) is 3. The summed E-state index contributed by atoms with van der Waals surface area (Å²) >= 11 is 13.9. The Morgan fingerprint density at radius 2 is 1.66 bits per heavy atom. The fraction of sp³-hybridized carbons (Fsp3) is 0.333. The van der Waals surface area contributed by atoms with Crippen LogP contribution in [0, 0.1) is 0 Å². The highest BCUT2D eigenvalue weighted by atomic mass is 35.5. The number of nitrogens with zero attached hydrogens (tertiary/aromatic N) is 5. The summed E-state index contributed by atoms with van der Waals surface area (Å²) in [5, 5.41) is 9.27. The molecule has 53 heavy (non-hydrogen) atoms. The van der Waals surface area contributed by atoms with E-state index in [2.05, 4.69) is 25.9 Å². The van der Waals surface area contributed by atoms with Crippen molar-refractivity contribution in [2.24, 2.45) is 14.1 Å². The van der Waals surface area contributed by atoms with Gasteiger partial charge in [0.1, 0.15) is 23.4 Å². The highest BCUT2D eigenvalue weighted by molar-refractivity contribution is 6.39. The smallest absolute Gasteiger partial charge is 0.332 e. The maximum atomic E-state index is 13.8. The number of hydrogen-bond donors (Lipinski definition) is 3. The molecule has 0 atom stereocenters. The molecule has 0 saturated carbocycles. The van der Waals surface area contributed by atoms with Gasteiger partial charge in [-0.25, -0.2) is 28.5 Å². The first kappa shape index (κ1) is 36.4. The number of morpholine rings is 1. The number of hydrogen-bond acceptors (Lipinski definition) is 10. The Hall–Kier alpha value is -4.96. The molecule has 3 aliphatic rings. The summed E-state index contributed by atoms with van der Waals surface area (Å²) in [4.78, 5) is 48.6. The van der Waals surface area contributed by atoms with Gasteiger partial charge in [-0.15, -0.1) is 0 Å². The van der Waals surface area contributed by atoms with Crippen LogP contribution < -0.4 is 31.9 Å². The molecule has 8 rings (SSSR count). The van der Waals surface area contributed by atoms with E-state index < -0.39 is 23.5 Å². The van der Waals surface area contributed by atoms with Crippen molar-refractivity contribution < 1.29 is 23.0 Å². The second-order valence-electron chi connectivity index (χ2n) is 13.0. The molecule has 1 spiro atoms. The van der Waals surface area contributed by atoms with Gasteiger partial charge < -0.3 is 25.4 Å². The van der Waals surface area contributed by atoms with Crippen LogP contribution >= 0.6 is 23.2 Å². The van der Waals surface area contributed by atoms with Crippen LogP contribution in [-0.2, 0) is 36.5 Å². The molecule has 1 aliphatic carbocycles. The van der Waals surface area contributed by atoms with Gasteiger partial charge in [0.2, 0.25) is 11.8 Å². The highest BCUT2D eigenvalue weighted by Gasteiger charge is 2.41. The van der Waals surface area contributed by atoms with Crippen LogP contribution in [0.4, 0.5) is 20.3 Å². The largest absolute Gasteiger partial charge is 0.481 e. The molecule has 17 heteroatoms. The Labute approximate surface area is 311 Å². The Balaban J connectivity index is 0.000000373. The van der Waals surface area contributed by atoms with Crippen molar-refractivity contribution in [1.29, 1.82) is 0 Å². The second-order valence-corrected chi connectivity index (χ2v) is 13.7. The number of ether oxygens (including phenoxy) is 2. The Morgan fingerprint density at radius 1 is 0.943 bits per heavy atom. The van der Waals surface area contributed by atoms with E-state index in [9.17, 15) is 23.2 Å². The second kappa shape index (κ2) is 14.5. The number of aryl methyl sites for hydroxylation is 2. The number of alkyl halides is 2. The number of pyridine rings is 1. The van der Waals surface area contributed by atoms with Crippen molar-refractivity contribution in [2.45, 2.75) is 31.3 Å². The third kappa shape index (κ3) is 6.73. The van der Waals surface area contributed by atoms with Gasteiger partial charge in [-0.3, -0.25) is 18.7 Å². The van der Waals surface area contributed by atoms with Crippen molar-refractivity contribution in [3.63, 3.8) is 0 Å². The number of halogens is 4. The summed E-state index contributed by atoms with van der Waals surface area (Å²) in [7, 11) is 4.22. The third-order valence-corrected chi connectivity index (χ3v) is 10.4. The van der Waals surface area contributed by atoms with E-state index in [-0.39, 0.29) is 45.7 Å². The Bertz CT molecular complexity index is 2390. The molecule has 2 aromatic carbocycles. The predicted molar refractivity (Wildman–Crippen MR) is 197 cm³/mol. The van der Waals surface area contributed by atoms with Crippen LogP contribution in [0.5, 0.6) is 5.88 Å². The molecule has 2 fully saturated rings. The molecule has 1 amide bonds. The van der Waals surface area contributed by atoms with Crippen molar-refractivity contribution in [3.05, 3.63) is 90.3 Å². The van der Waals surface area contributed by atoms with E-state index in [4.69, 9.17) is 37.7 Å². The van der Waals surface area contributed by atoms with Crippen LogP contribution in [0.2, 0.25) is 10.0 Å². The standard InChI is InChI=1S/C30H24Cl2F2N6O3.C6H10N2O2/c1-39-27-21(29(41)40(2)30(39)42)25(37-26(38-27)24(33)34)35-19-12-6-10-17(23(19)32)16-9-5-11-18(22(16)31)20-13-14-7-4-8-15(14)28(36-20)43-3;9-5-1-10-6(4-8-5)2-7-3-6/h5-6,9-13,24H,4,7-8H2,1-3H3,(H,35,37,38);7H,1-4H2,(H,8,9). The van der Waals surface area contributed by atoms with Gasteiger partial charge in [-0.1, -0.05) is 53.5 Å². The van der Waals surface area contributed by atoms with E-state index in [0.29, 0.717) is 39.8 Å². The number of fused-ring (bicyclic) bond motifs is 2. The fourth-order valence-electron chi connectivity index (χ4n) is 6.63.